The molecule has 5 heteroatoms. The van der Waals surface area contributed by atoms with Crippen LogP contribution in [-0.4, -0.2) is 68.4 Å². The summed E-state index contributed by atoms with van der Waals surface area (Å²) in [5.41, 5.74) is -0.444. The van der Waals surface area contributed by atoms with Crippen molar-refractivity contribution in [2.75, 3.05) is 40.9 Å². The summed E-state index contributed by atoms with van der Waals surface area (Å²) in [5.74, 6) is 0. The van der Waals surface area contributed by atoms with Gasteiger partial charge in [0.15, 0.2) is 0 Å². The van der Waals surface area contributed by atoms with Crippen molar-refractivity contribution in [1.82, 2.24) is 9.80 Å². The van der Waals surface area contributed by atoms with E-state index < -0.39 is 5.60 Å². The predicted octanol–water partition coefficient (Wildman–Crippen LogP) is 1.82. The highest BCUT2D eigenvalue weighted by atomic mass is 16.6. The minimum absolute atomic E-state index is 0.282. The van der Waals surface area contributed by atoms with Crippen molar-refractivity contribution >= 4 is 6.09 Å². The van der Waals surface area contributed by atoms with Crippen LogP contribution in [0.3, 0.4) is 0 Å². The zero-order valence-corrected chi connectivity index (χ0v) is 12.8. The Labute approximate surface area is 111 Å². The monoisotopic (exact) mass is 260 g/mol. The number of ether oxygens (including phenoxy) is 2. The van der Waals surface area contributed by atoms with Crippen LogP contribution in [0.15, 0.2) is 0 Å². The fraction of sp³-hybridized carbons (Fsp3) is 0.923. The third-order valence-corrected chi connectivity index (χ3v) is 2.65. The number of hydrogen-bond donors (Lipinski definition) is 0. The number of carbonyl (C=O) groups is 1. The van der Waals surface area contributed by atoms with Crippen molar-refractivity contribution in [3.63, 3.8) is 0 Å². The fourth-order valence-electron chi connectivity index (χ4n) is 1.33. The highest BCUT2D eigenvalue weighted by molar-refractivity contribution is 5.67. The maximum Gasteiger partial charge on any atom is 0.410 e. The summed E-state index contributed by atoms with van der Waals surface area (Å²) in [4.78, 5) is 15.5. The molecule has 108 valence electrons. The zero-order chi connectivity index (χ0) is 14.3. The smallest absolute Gasteiger partial charge is 0.410 e. The van der Waals surface area contributed by atoms with E-state index in [1.54, 1.807) is 19.1 Å². The third-order valence-electron chi connectivity index (χ3n) is 2.65. The molecule has 5 nitrogen and oxygen atoms in total. The molecule has 0 aliphatic carbocycles. The molecule has 0 fully saturated rings. The quantitative estimate of drug-likeness (QED) is 0.730. The second-order valence-corrected chi connectivity index (χ2v) is 5.69. The van der Waals surface area contributed by atoms with Gasteiger partial charge in [-0.1, -0.05) is 0 Å². The molecule has 0 rings (SSSR count). The number of carbonyl (C=O) groups excluding carboxylic acids is 1. The molecule has 0 aromatic carbocycles. The molecular weight excluding hydrogens is 232 g/mol. The highest BCUT2D eigenvalue weighted by Crippen LogP contribution is 2.09. The SMILES string of the molecule is COC[C@H](C)N(C)CCN(C)C(=O)OC(C)(C)C. The van der Waals surface area contributed by atoms with Gasteiger partial charge in [0.05, 0.1) is 6.61 Å². The van der Waals surface area contributed by atoms with Crippen molar-refractivity contribution < 1.29 is 14.3 Å². The van der Waals surface area contributed by atoms with Crippen LogP contribution in [0.1, 0.15) is 27.7 Å². The second-order valence-electron chi connectivity index (χ2n) is 5.69. The fourth-order valence-corrected chi connectivity index (χ4v) is 1.33. The summed E-state index contributed by atoms with van der Waals surface area (Å²) in [6, 6.07) is 0.335. The predicted molar refractivity (Wildman–Crippen MR) is 72.8 cm³/mol. The molecule has 1 amide bonds. The lowest BCUT2D eigenvalue weighted by Gasteiger charge is -2.28. The van der Waals surface area contributed by atoms with Crippen molar-refractivity contribution in [1.29, 1.82) is 0 Å². The van der Waals surface area contributed by atoms with Gasteiger partial charge in [-0.15, -0.1) is 0 Å². The van der Waals surface area contributed by atoms with Crippen LogP contribution in [0.5, 0.6) is 0 Å². The summed E-state index contributed by atoms with van der Waals surface area (Å²) in [7, 11) is 5.46. The van der Waals surface area contributed by atoms with E-state index in [-0.39, 0.29) is 6.09 Å². The molecule has 0 aromatic heterocycles. The topological polar surface area (TPSA) is 42.0 Å². The lowest BCUT2D eigenvalue weighted by atomic mass is 10.2. The third kappa shape index (κ3) is 7.50. The van der Waals surface area contributed by atoms with E-state index in [4.69, 9.17) is 9.47 Å². The molecule has 0 saturated carbocycles. The Bertz CT molecular complexity index is 251. The van der Waals surface area contributed by atoms with Crippen LogP contribution >= 0.6 is 0 Å². The first-order valence-corrected chi connectivity index (χ1v) is 6.30. The molecule has 0 aliphatic rings. The van der Waals surface area contributed by atoms with Crippen molar-refractivity contribution in [2.24, 2.45) is 0 Å². The zero-order valence-electron chi connectivity index (χ0n) is 12.8. The second kappa shape index (κ2) is 7.59. The van der Waals surface area contributed by atoms with Gasteiger partial charge in [-0.2, -0.15) is 0 Å². The Morgan fingerprint density at radius 2 is 1.78 bits per heavy atom. The lowest BCUT2D eigenvalue weighted by molar-refractivity contribution is 0.0272. The van der Waals surface area contributed by atoms with Gasteiger partial charge in [-0.3, -0.25) is 4.90 Å². The Kier molecular flexibility index (Phi) is 7.25. The van der Waals surface area contributed by atoms with Crippen LogP contribution in [0, 0.1) is 0 Å². The van der Waals surface area contributed by atoms with Gasteiger partial charge < -0.3 is 14.4 Å². The van der Waals surface area contributed by atoms with Gasteiger partial charge >= 0.3 is 6.09 Å². The maximum absolute atomic E-state index is 11.7. The van der Waals surface area contributed by atoms with Gasteiger partial charge in [-0.05, 0) is 34.7 Å². The first kappa shape index (κ1) is 17.2. The average Bonchev–Trinajstić information content (AvgIpc) is 2.23. The van der Waals surface area contributed by atoms with Gasteiger partial charge in [0, 0.05) is 33.3 Å². The maximum atomic E-state index is 11.7. The summed E-state index contributed by atoms with van der Waals surface area (Å²) in [6.07, 6.45) is -0.282. The Morgan fingerprint density at radius 1 is 1.22 bits per heavy atom. The molecule has 1 atom stereocenters. The molecule has 0 aromatic rings. The van der Waals surface area contributed by atoms with Gasteiger partial charge in [0.1, 0.15) is 5.60 Å². The van der Waals surface area contributed by atoms with Crippen LogP contribution < -0.4 is 0 Å². The Morgan fingerprint density at radius 3 is 2.22 bits per heavy atom. The molecule has 0 spiro atoms. The Balaban J connectivity index is 4.02. The minimum atomic E-state index is -0.444. The molecule has 0 aliphatic heterocycles. The van der Waals surface area contributed by atoms with E-state index in [2.05, 4.69) is 11.8 Å². The van der Waals surface area contributed by atoms with E-state index in [0.717, 1.165) is 6.54 Å². The molecule has 0 heterocycles. The van der Waals surface area contributed by atoms with E-state index in [1.807, 2.05) is 27.8 Å². The molecule has 0 saturated heterocycles. The molecule has 0 N–H and O–H groups in total. The number of likely N-dealkylation sites (N-methyl/N-ethyl adjacent to an activating group) is 2. The summed E-state index contributed by atoms with van der Waals surface area (Å²) >= 11 is 0. The van der Waals surface area contributed by atoms with Crippen LogP contribution in [0.25, 0.3) is 0 Å². The normalized spacial score (nSPS) is 13.6. The molecule has 0 bridgehead atoms. The van der Waals surface area contributed by atoms with Crippen LogP contribution in [0.2, 0.25) is 0 Å². The van der Waals surface area contributed by atoms with E-state index in [1.165, 1.54) is 0 Å². The largest absolute Gasteiger partial charge is 0.444 e. The number of hydrogen-bond acceptors (Lipinski definition) is 4. The molecule has 0 unspecified atom stereocenters. The number of nitrogens with zero attached hydrogens (tertiary/aromatic N) is 2. The molecule has 18 heavy (non-hydrogen) atoms. The minimum Gasteiger partial charge on any atom is -0.444 e. The molecular formula is C13H28N2O3. The van der Waals surface area contributed by atoms with Gasteiger partial charge in [0.25, 0.3) is 0 Å². The summed E-state index contributed by atoms with van der Waals surface area (Å²) < 4.78 is 10.4. The first-order chi connectivity index (χ1) is 8.17. The van der Waals surface area contributed by atoms with Gasteiger partial charge in [0.2, 0.25) is 0 Å². The summed E-state index contributed by atoms with van der Waals surface area (Å²) in [6.45, 7) is 9.81. The number of rotatable bonds is 6. The van der Waals surface area contributed by atoms with Crippen LogP contribution in [-0.2, 0) is 9.47 Å². The van der Waals surface area contributed by atoms with E-state index in [9.17, 15) is 4.79 Å². The summed E-state index contributed by atoms with van der Waals surface area (Å²) in [5, 5.41) is 0. The first-order valence-electron chi connectivity index (χ1n) is 6.30. The van der Waals surface area contributed by atoms with Crippen LogP contribution in [0.4, 0.5) is 4.79 Å². The average molecular weight is 260 g/mol. The van der Waals surface area contributed by atoms with E-state index >= 15 is 0 Å². The highest BCUT2D eigenvalue weighted by Gasteiger charge is 2.20. The van der Waals surface area contributed by atoms with Crippen molar-refractivity contribution in [3.05, 3.63) is 0 Å². The molecule has 0 radical (unpaired) electrons. The van der Waals surface area contributed by atoms with Gasteiger partial charge in [-0.25, -0.2) is 4.79 Å². The standard InChI is InChI=1S/C13H28N2O3/c1-11(10-17-7)14(5)8-9-15(6)12(16)18-13(2,3)4/h11H,8-10H2,1-7H3/t11-/m0/s1. The number of amides is 1. The van der Waals surface area contributed by atoms with E-state index in [0.29, 0.717) is 19.2 Å². The Hall–Kier alpha value is -0.810. The lowest BCUT2D eigenvalue weighted by Crippen LogP contribution is -2.41. The van der Waals surface area contributed by atoms with Crippen molar-refractivity contribution in [3.8, 4) is 0 Å². The van der Waals surface area contributed by atoms with Crippen molar-refractivity contribution in [2.45, 2.75) is 39.3 Å². The number of methoxy groups -OCH3 is 1.